The highest BCUT2D eigenvalue weighted by molar-refractivity contribution is 5.93. The highest BCUT2D eigenvalue weighted by Crippen LogP contribution is 2.66. The van der Waals surface area contributed by atoms with E-state index in [2.05, 4.69) is 10.3 Å². The lowest BCUT2D eigenvalue weighted by molar-refractivity contribution is -0.194. The molecule has 1 saturated carbocycles. The molecule has 1 heterocycles. The molecule has 2 aromatic rings. The maximum Gasteiger partial charge on any atom is 0.395 e. The van der Waals surface area contributed by atoms with Crippen molar-refractivity contribution < 1.29 is 31.5 Å². The van der Waals surface area contributed by atoms with Crippen molar-refractivity contribution in [2.24, 2.45) is 11.1 Å². The molecule has 1 aromatic carbocycles. The Balaban J connectivity index is 1.71. The van der Waals surface area contributed by atoms with Gasteiger partial charge in [-0.05, 0) is 62.7 Å². The van der Waals surface area contributed by atoms with Crippen LogP contribution in [0.25, 0.3) is 0 Å². The quantitative estimate of drug-likeness (QED) is 0.491. The summed E-state index contributed by atoms with van der Waals surface area (Å²) in [5.74, 6) is -5.04. The van der Waals surface area contributed by atoms with E-state index in [1.54, 1.807) is 19.0 Å². The number of hydrogen-bond acceptors (Lipinski definition) is 4. The van der Waals surface area contributed by atoms with E-state index >= 15 is 0 Å². The van der Waals surface area contributed by atoms with Crippen LogP contribution in [-0.2, 0) is 11.2 Å². The van der Waals surface area contributed by atoms with Gasteiger partial charge in [-0.1, -0.05) is 6.07 Å². The summed E-state index contributed by atoms with van der Waals surface area (Å²) < 4.78 is 69.8. The van der Waals surface area contributed by atoms with Gasteiger partial charge in [0.05, 0.1) is 5.41 Å². The number of nitrogens with two attached hydrogens (primary N) is 1. The van der Waals surface area contributed by atoms with Gasteiger partial charge in [0.1, 0.15) is 17.2 Å². The summed E-state index contributed by atoms with van der Waals surface area (Å²) in [6, 6.07) is 4.65. The lowest BCUT2D eigenvalue weighted by Gasteiger charge is -2.30. The van der Waals surface area contributed by atoms with Gasteiger partial charge in [-0.15, -0.1) is 0 Å². The molecule has 0 saturated heterocycles. The van der Waals surface area contributed by atoms with E-state index in [0.29, 0.717) is 5.56 Å². The van der Waals surface area contributed by atoms with Crippen LogP contribution < -0.4 is 11.1 Å². The van der Waals surface area contributed by atoms with Crippen molar-refractivity contribution in [3.05, 3.63) is 65.0 Å². The average Bonchev–Trinajstić information content (AvgIpc) is 3.56. The van der Waals surface area contributed by atoms with Gasteiger partial charge in [0, 0.05) is 37.3 Å². The summed E-state index contributed by atoms with van der Waals surface area (Å²) >= 11 is 0. The van der Waals surface area contributed by atoms with E-state index in [0.717, 1.165) is 12.1 Å². The first-order valence-corrected chi connectivity index (χ1v) is 11.0. The number of nitrogens with one attached hydrogen (secondary N) is 1. The Morgan fingerprint density at radius 2 is 1.83 bits per heavy atom. The molecular weight excluding hydrogens is 471 g/mol. The Morgan fingerprint density at radius 3 is 2.29 bits per heavy atom. The Morgan fingerprint density at radius 1 is 1.20 bits per heavy atom. The van der Waals surface area contributed by atoms with Crippen LogP contribution >= 0.6 is 0 Å². The van der Waals surface area contributed by atoms with Crippen LogP contribution in [0.1, 0.15) is 46.7 Å². The van der Waals surface area contributed by atoms with Crippen molar-refractivity contribution in [3.63, 3.8) is 0 Å². The fraction of sp³-hybridized carbons (Fsp3) is 0.458. The molecule has 35 heavy (non-hydrogen) atoms. The summed E-state index contributed by atoms with van der Waals surface area (Å²) in [5, 5.41) is 2.66. The van der Waals surface area contributed by atoms with Crippen LogP contribution in [0.5, 0.6) is 0 Å². The number of nitrogens with zero attached hydrogens (tertiary/aromatic N) is 2. The minimum absolute atomic E-state index is 0.0332. The SMILES string of the molecule is CN(C)[C@H](CNC(=O)CC(c1cccnc1)C1(C(F)(F)F)CC1)Cc1cc(F)c(C(N)=O)c(F)c1. The summed E-state index contributed by atoms with van der Waals surface area (Å²) in [6.45, 7) is 0.0332. The van der Waals surface area contributed by atoms with Crippen molar-refractivity contribution in [3.8, 4) is 0 Å². The maximum atomic E-state index is 14.1. The van der Waals surface area contributed by atoms with Gasteiger partial charge in [-0.25, -0.2) is 8.78 Å². The minimum atomic E-state index is -4.45. The predicted molar refractivity (Wildman–Crippen MR) is 118 cm³/mol. The average molecular weight is 498 g/mol. The monoisotopic (exact) mass is 498 g/mol. The van der Waals surface area contributed by atoms with E-state index in [1.165, 1.54) is 24.5 Å². The van der Waals surface area contributed by atoms with Crippen LogP contribution in [-0.4, -0.2) is 54.6 Å². The molecule has 3 N–H and O–H groups in total. The number of likely N-dealkylation sites (N-methyl/N-ethyl adjacent to an activating group) is 1. The van der Waals surface area contributed by atoms with E-state index in [1.807, 2.05) is 0 Å². The molecular formula is C24H27F5N4O2. The second-order valence-corrected chi connectivity index (χ2v) is 9.12. The molecule has 1 aliphatic carbocycles. The van der Waals surface area contributed by atoms with Crippen molar-refractivity contribution in [2.45, 2.75) is 43.8 Å². The van der Waals surface area contributed by atoms with Gasteiger partial charge in [-0.2, -0.15) is 13.2 Å². The number of rotatable bonds is 10. The lowest BCUT2D eigenvalue weighted by atomic mass is 9.80. The molecule has 11 heteroatoms. The molecule has 3 rings (SSSR count). The number of carbonyl (C=O) groups excluding carboxylic acids is 2. The second kappa shape index (κ2) is 10.3. The van der Waals surface area contributed by atoms with Gasteiger partial charge in [0.15, 0.2) is 0 Å². The number of amides is 2. The Bertz CT molecular complexity index is 1050. The van der Waals surface area contributed by atoms with E-state index in [-0.39, 0.29) is 37.8 Å². The third-order valence-corrected chi connectivity index (χ3v) is 6.58. The topological polar surface area (TPSA) is 88.3 Å². The Hall–Kier alpha value is -3.08. The van der Waals surface area contributed by atoms with Crippen LogP contribution in [0.2, 0.25) is 0 Å². The van der Waals surface area contributed by atoms with Gasteiger partial charge in [0.2, 0.25) is 5.91 Å². The molecule has 6 nitrogen and oxygen atoms in total. The number of halogens is 5. The first kappa shape index (κ1) is 26.5. The van der Waals surface area contributed by atoms with Crippen LogP contribution in [0.15, 0.2) is 36.7 Å². The van der Waals surface area contributed by atoms with Crippen molar-refractivity contribution in [1.29, 1.82) is 0 Å². The minimum Gasteiger partial charge on any atom is -0.365 e. The number of pyridine rings is 1. The summed E-state index contributed by atoms with van der Waals surface area (Å²) in [7, 11) is 3.39. The fourth-order valence-electron chi connectivity index (χ4n) is 4.36. The summed E-state index contributed by atoms with van der Waals surface area (Å²) in [5.41, 5.74) is 2.79. The first-order chi connectivity index (χ1) is 16.4. The highest BCUT2D eigenvalue weighted by atomic mass is 19.4. The summed E-state index contributed by atoms with van der Waals surface area (Å²) in [4.78, 5) is 29.6. The van der Waals surface area contributed by atoms with Crippen molar-refractivity contribution in [1.82, 2.24) is 15.2 Å². The lowest BCUT2D eigenvalue weighted by Crippen LogP contribution is -2.42. The smallest absolute Gasteiger partial charge is 0.365 e. The number of hydrogen-bond donors (Lipinski definition) is 2. The standard InChI is InChI=1S/C24H27F5N4O2/c1-33(2)16(8-14-9-18(25)21(22(30)35)19(26)10-14)13-32-20(34)11-17(15-4-3-7-31-12-15)23(5-6-23)24(27,28)29/h3-4,7,9-10,12,16-17H,5-6,8,11,13H2,1-2H3,(H2,30,35)(H,32,34)/t16-,17?/m0/s1. The first-order valence-electron chi connectivity index (χ1n) is 11.0. The normalized spacial score (nSPS) is 16.6. The molecule has 0 aliphatic heterocycles. The summed E-state index contributed by atoms with van der Waals surface area (Å²) in [6.07, 6.45) is -2.02. The molecule has 1 fully saturated rings. The zero-order valence-electron chi connectivity index (χ0n) is 19.3. The molecule has 0 radical (unpaired) electrons. The molecule has 1 aliphatic rings. The van der Waals surface area contributed by atoms with Crippen LogP contribution in [0.4, 0.5) is 22.0 Å². The van der Waals surface area contributed by atoms with Gasteiger partial charge in [-0.3, -0.25) is 14.6 Å². The molecule has 190 valence electrons. The van der Waals surface area contributed by atoms with E-state index in [9.17, 15) is 31.5 Å². The highest BCUT2D eigenvalue weighted by Gasteiger charge is 2.67. The maximum absolute atomic E-state index is 14.1. The number of benzene rings is 1. The molecule has 0 bridgehead atoms. The molecule has 2 amide bonds. The molecule has 1 unspecified atom stereocenters. The third kappa shape index (κ3) is 5.95. The number of aromatic nitrogens is 1. The van der Waals surface area contributed by atoms with Gasteiger partial charge < -0.3 is 16.0 Å². The van der Waals surface area contributed by atoms with Gasteiger partial charge in [0.25, 0.3) is 5.91 Å². The second-order valence-electron chi connectivity index (χ2n) is 9.12. The van der Waals surface area contributed by atoms with E-state index in [4.69, 9.17) is 5.73 Å². The molecule has 1 aromatic heterocycles. The van der Waals surface area contributed by atoms with Gasteiger partial charge >= 0.3 is 6.18 Å². The Kier molecular flexibility index (Phi) is 7.78. The largest absolute Gasteiger partial charge is 0.395 e. The van der Waals surface area contributed by atoms with Crippen LogP contribution in [0.3, 0.4) is 0 Å². The van der Waals surface area contributed by atoms with E-state index < -0.39 is 52.6 Å². The van der Waals surface area contributed by atoms with Crippen molar-refractivity contribution in [2.75, 3.05) is 20.6 Å². The predicted octanol–water partition coefficient (Wildman–Crippen LogP) is 3.56. The van der Waals surface area contributed by atoms with Crippen LogP contribution in [0, 0.1) is 17.0 Å². The third-order valence-electron chi connectivity index (χ3n) is 6.58. The van der Waals surface area contributed by atoms with Crippen molar-refractivity contribution >= 4 is 11.8 Å². The number of primary amides is 1. The zero-order chi connectivity index (χ0) is 26.0. The zero-order valence-corrected chi connectivity index (χ0v) is 19.3. The number of alkyl halides is 3. The Labute approximate surface area is 199 Å². The fourth-order valence-corrected chi connectivity index (χ4v) is 4.36. The molecule has 2 atom stereocenters. The number of carbonyl (C=O) groups is 2. The molecule has 0 spiro atoms.